The second-order valence-corrected chi connectivity index (χ2v) is 5.11. The van der Waals surface area contributed by atoms with Crippen LogP contribution in [0.1, 0.15) is 45.1 Å². The van der Waals surface area contributed by atoms with Crippen LogP contribution in [0.25, 0.3) is 0 Å². The van der Waals surface area contributed by atoms with Gasteiger partial charge in [-0.25, -0.2) is 0 Å². The highest BCUT2D eigenvalue weighted by atomic mass is 16.5. The largest absolute Gasteiger partial charge is 0.463 e. The number of hydrogen-bond acceptors (Lipinski definition) is 3. The maximum Gasteiger partial charge on any atom is 0.306 e. The Morgan fingerprint density at radius 3 is 2.53 bits per heavy atom. The smallest absolute Gasteiger partial charge is 0.306 e. The lowest BCUT2D eigenvalue weighted by Crippen LogP contribution is -2.13. The summed E-state index contributed by atoms with van der Waals surface area (Å²) in [5.41, 5.74) is 1.24. The van der Waals surface area contributed by atoms with E-state index < -0.39 is 0 Å². The zero-order chi connectivity index (χ0) is 14.1. The Balaban J connectivity index is 2.11. The van der Waals surface area contributed by atoms with Crippen LogP contribution in [0.15, 0.2) is 30.3 Å². The number of benzene rings is 1. The lowest BCUT2D eigenvalue weighted by atomic mass is 10.0. The fourth-order valence-electron chi connectivity index (χ4n) is 1.93. The third kappa shape index (κ3) is 7.62. The highest BCUT2D eigenvalue weighted by molar-refractivity contribution is 5.69. The van der Waals surface area contributed by atoms with Gasteiger partial charge in [0.15, 0.2) is 0 Å². The van der Waals surface area contributed by atoms with Crippen LogP contribution in [-0.4, -0.2) is 23.3 Å². The molecule has 0 spiro atoms. The highest BCUT2D eigenvalue weighted by Gasteiger charge is 2.08. The summed E-state index contributed by atoms with van der Waals surface area (Å²) < 4.78 is 5.04. The van der Waals surface area contributed by atoms with E-state index in [0.29, 0.717) is 19.3 Å². The molecular weight excluding hydrogens is 240 g/mol. The number of ether oxygens (including phenoxy) is 1. The Hall–Kier alpha value is -1.35. The van der Waals surface area contributed by atoms with Gasteiger partial charge >= 0.3 is 5.97 Å². The van der Waals surface area contributed by atoms with Crippen LogP contribution >= 0.6 is 0 Å². The molecule has 0 saturated carbocycles. The molecule has 1 unspecified atom stereocenters. The molecule has 0 aliphatic rings. The van der Waals surface area contributed by atoms with Crippen LogP contribution in [0.3, 0.4) is 0 Å². The summed E-state index contributed by atoms with van der Waals surface area (Å²) in [6.07, 6.45) is 2.94. The number of aryl methyl sites for hydroxylation is 1. The van der Waals surface area contributed by atoms with Crippen molar-refractivity contribution in [1.82, 2.24) is 0 Å². The van der Waals surface area contributed by atoms with Crippen LogP contribution in [0.5, 0.6) is 0 Å². The Labute approximate surface area is 115 Å². The van der Waals surface area contributed by atoms with Gasteiger partial charge in [-0.1, -0.05) is 30.3 Å². The molecule has 1 N–H and O–H groups in total. The minimum absolute atomic E-state index is 0.0597. The van der Waals surface area contributed by atoms with Crippen molar-refractivity contribution >= 4 is 5.97 Å². The third-order valence-electron chi connectivity index (χ3n) is 2.89. The number of aliphatic hydroxyl groups excluding tert-OH is 1. The summed E-state index contributed by atoms with van der Waals surface area (Å²) >= 11 is 0. The Morgan fingerprint density at radius 2 is 1.89 bits per heavy atom. The SMILES string of the molecule is CC(C)OC(=O)CCCC(O)CCc1ccccc1. The summed E-state index contributed by atoms with van der Waals surface area (Å²) in [4.78, 5) is 11.3. The minimum atomic E-state index is -0.341. The van der Waals surface area contributed by atoms with Crippen molar-refractivity contribution in [3.8, 4) is 0 Å². The van der Waals surface area contributed by atoms with Crippen LogP contribution in [0.2, 0.25) is 0 Å². The average molecular weight is 264 g/mol. The first-order valence-electron chi connectivity index (χ1n) is 6.99. The van der Waals surface area contributed by atoms with Crippen molar-refractivity contribution in [3.63, 3.8) is 0 Å². The van der Waals surface area contributed by atoms with E-state index >= 15 is 0 Å². The van der Waals surface area contributed by atoms with Crippen LogP contribution in [-0.2, 0) is 16.0 Å². The molecule has 0 aliphatic carbocycles. The number of aliphatic hydroxyl groups is 1. The summed E-state index contributed by atoms with van der Waals surface area (Å²) in [5, 5.41) is 9.85. The van der Waals surface area contributed by atoms with Crippen LogP contribution in [0.4, 0.5) is 0 Å². The molecule has 1 aromatic rings. The van der Waals surface area contributed by atoms with Gasteiger partial charge in [0.25, 0.3) is 0 Å². The van der Waals surface area contributed by atoms with Crippen molar-refractivity contribution in [2.45, 2.75) is 58.2 Å². The van der Waals surface area contributed by atoms with E-state index in [9.17, 15) is 9.90 Å². The molecule has 3 nitrogen and oxygen atoms in total. The first kappa shape index (κ1) is 15.7. The van der Waals surface area contributed by atoms with Crippen molar-refractivity contribution < 1.29 is 14.6 Å². The number of hydrogen-bond donors (Lipinski definition) is 1. The van der Waals surface area contributed by atoms with Crippen LogP contribution in [0, 0.1) is 0 Å². The predicted octanol–water partition coefficient (Wildman–Crippen LogP) is 3.10. The Morgan fingerprint density at radius 1 is 1.21 bits per heavy atom. The summed E-state index contributed by atoms with van der Waals surface area (Å²) in [5.74, 6) is -0.176. The number of rotatable bonds is 8. The van der Waals surface area contributed by atoms with Crippen LogP contribution < -0.4 is 0 Å². The second-order valence-electron chi connectivity index (χ2n) is 5.11. The van der Waals surface area contributed by atoms with Gasteiger partial charge in [-0.3, -0.25) is 4.79 Å². The molecule has 0 aliphatic heterocycles. The molecular formula is C16H24O3. The molecule has 1 atom stereocenters. The highest BCUT2D eigenvalue weighted by Crippen LogP contribution is 2.10. The third-order valence-corrected chi connectivity index (χ3v) is 2.89. The van der Waals surface area contributed by atoms with Gasteiger partial charge in [0.1, 0.15) is 0 Å². The molecule has 0 heterocycles. The number of carbonyl (C=O) groups is 1. The maximum atomic E-state index is 11.3. The standard InChI is InChI=1S/C16H24O3/c1-13(2)19-16(18)10-6-9-15(17)12-11-14-7-4-3-5-8-14/h3-5,7-8,13,15,17H,6,9-12H2,1-2H3. The molecule has 0 fully saturated rings. The van der Waals surface area contributed by atoms with E-state index in [4.69, 9.17) is 4.74 Å². The molecule has 0 saturated heterocycles. The zero-order valence-corrected chi connectivity index (χ0v) is 11.8. The normalized spacial score (nSPS) is 12.4. The average Bonchev–Trinajstić information content (AvgIpc) is 2.36. The van der Waals surface area contributed by atoms with Gasteiger partial charge < -0.3 is 9.84 Å². The van der Waals surface area contributed by atoms with Gasteiger partial charge in [-0.15, -0.1) is 0 Å². The molecule has 3 heteroatoms. The zero-order valence-electron chi connectivity index (χ0n) is 11.8. The van der Waals surface area contributed by atoms with E-state index in [0.717, 1.165) is 12.8 Å². The van der Waals surface area contributed by atoms with Crippen molar-refractivity contribution in [2.75, 3.05) is 0 Å². The lowest BCUT2D eigenvalue weighted by molar-refractivity contribution is -0.147. The quantitative estimate of drug-likeness (QED) is 0.734. The fraction of sp³-hybridized carbons (Fsp3) is 0.562. The Kier molecular flexibility index (Phi) is 7.19. The molecule has 1 aromatic carbocycles. The molecule has 0 radical (unpaired) electrons. The van der Waals surface area contributed by atoms with Gasteiger partial charge in [-0.05, 0) is 45.1 Å². The predicted molar refractivity (Wildman–Crippen MR) is 75.8 cm³/mol. The van der Waals surface area contributed by atoms with E-state index in [1.54, 1.807) is 0 Å². The van der Waals surface area contributed by atoms with E-state index in [-0.39, 0.29) is 18.2 Å². The van der Waals surface area contributed by atoms with E-state index in [1.807, 2.05) is 32.0 Å². The van der Waals surface area contributed by atoms with Gasteiger partial charge in [0.2, 0.25) is 0 Å². The van der Waals surface area contributed by atoms with E-state index in [1.165, 1.54) is 5.56 Å². The lowest BCUT2D eigenvalue weighted by Gasteiger charge is -2.11. The van der Waals surface area contributed by atoms with E-state index in [2.05, 4.69) is 12.1 Å². The molecule has 0 amide bonds. The maximum absolute atomic E-state index is 11.3. The Bertz CT molecular complexity index is 360. The monoisotopic (exact) mass is 264 g/mol. The van der Waals surface area contributed by atoms with Crippen molar-refractivity contribution in [2.24, 2.45) is 0 Å². The summed E-state index contributed by atoms with van der Waals surface area (Å²) in [6.45, 7) is 3.68. The topological polar surface area (TPSA) is 46.5 Å². The second kappa shape index (κ2) is 8.70. The van der Waals surface area contributed by atoms with Gasteiger partial charge in [-0.2, -0.15) is 0 Å². The molecule has 19 heavy (non-hydrogen) atoms. The molecule has 106 valence electrons. The first-order valence-corrected chi connectivity index (χ1v) is 6.99. The van der Waals surface area contributed by atoms with Crippen molar-refractivity contribution in [3.05, 3.63) is 35.9 Å². The van der Waals surface area contributed by atoms with Crippen molar-refractivity contribution in [1.29, 1.82) is 0 Å². The summed E-state index contributed by atoms with van der Waals surface area (Å²) in [7, 11) is 0. The minimum Gasteiger partial charge on any atom is -0.463 e. The van der Waals surface area contributed by atoms with Gasteiger partial charge in [0.05, 0.1) is 12.2 Å². The molecule has 0 bridgehead atoms. The van der Waals surface area contributed by atoms with Gasteiger partial charge in [0, 0.05) is 6.42 Å². The summed E-state index contributed by atoms with van der Waals surface area (Å²) in [6, 6.07) is 10.1. The number of carbonyl (C=O) groups excluding carboxylic acids is 1. The fourth-order valence-corrected chi connectivity index (χ4v) is 1.93. The molecule has 1 rings (SSSR count). The number of esters is 1. The molecule has 0 aromatic heterocycles. The first-order chi connectivity index (χ1) is 9.08.